The number of hydrogen-bond donors (Lipinski definition) is 1. The van der Waals surface area contributed by atoms with Crippen molar-refractivity contribution in [1.82, 2.24) is 4.90 Å². The van der Waals surface area contributed by atoms with Crippen molar-refractivity contribution in [3.63, 3.8) is 0 Å². The Bertz CT molecular complexity index is 594. The van der Waals surface area contributed by atoms with Gasteiger partial charge in [0.2, 0.25) is 0 Å². The van der Waals surface area contributed by atoms with Crippen LogP contribution in [0.2, 0.25) is 0 Å². The van der Waals surface area contributed by atoms with Crippen molar-refractivity contribution in [3.8, 4) is 0 Å². The second-order valence-corrected chi connectivity index (χ2v) is 7.79. The third-order valence-electron chi connectivity index (χ3n) is 3.91. The van der Waals surface area contributed by atoms with Crippen molar-refractivity contribution >= 4 is 28.0 Å². The fraction of sp³-hybridized carbons (Fsp3) is 0.529. The normalized spacial score (nSPS) is 21.3. The van der Waals surface area contributed by atoms with E-state index >= 15 is 0 Å². The molecular weight excluding hydrogens is 362 g/mol. The molecule has 1 aliphatic rings. The largest absolute Gasteiger partial charge is 0.479 e. The highest BCUT2D eigenvalue weighted by atomic mass is 79.9. The minimum atomic E-state index is -1.24. The lowest BCUT2D eigenvalue weighted by Crippen LogP contribution is -2.55. The SMILES string of the molecule is CC(C)(C)OC(=O)N1CCC[C@@]1(Cc1ccc(Br)cc1)C(=O)O. The van der Waals surface area contributed by atoms with Gasteiger partial charge < -0.3 is 9.84 Å². The molecule has 6 heteroatoms. The predicted molar refractivity (Wildman–Crippen MR) is 90.4 cm³/mol. The van der Waals surface area contributed by atoms with Crippen molar-refractivity contribution in [2.45, 2.75) is 51.2 Å². The Labute approximate surface area is 144 Å². The fourth-order valence-electron chi connectivity index (χ4n) is 2.88. The number of carboxylic acids is 1. The molecule has 23 heavy (non-hydrogen) atoms. The number of carboxylic acid groups (broad SMARTS) is 1. The van der Waals surface area contributed by atoms with Crippen LogP contribution in [0.1, 0.15) is 39.2 Å². The molecule has 1 aromatic rings. The van der Waals surface area contributed by atoms with E-state index in [9.17, 15) is 14.7 Å². The number of ether oxygens (including phenoxy) is 1. The summed E-state index contributed by atoms with van der Waals surface area (Å²) in [6.07, 6.45) is 0.795. The second kappa shape index (κ2) is 6.51. The molecule has 1 saturated heterocycles. The van der Waals surface area contributed by atoms with E-state index in [0.29, 0.717) is 19.4 Å². The van der Waals surface area contributed by atoms with Gasteiger partial charge in [0.25, 0.3) is 0 Å². The first-order chi connectivity index (χ1) is 10.6. The van der Waals surface area contributed by atoms with Crippen molar-refractivity contribution in [3.05, 3.63) is 34.3 Å². The summed E-state index contributed by atoms with van der Waals surface area (Å²) in [6.45, 7) is 5.73. The standard InChI is InChI=1S/C17H22BrNO4/c1-16(2,3)23-15(22)19-10-4-9-17(19,14(20)21)11-12-5-7-13(18)8-6-12/h5-8H,4,9-11H2,1-3H3,(H,20,21)/t17-/m1/s1. The van der Waals surface area contributed by atoms with Gasteiger partial charge in [-0.2, -0.15) is 0 Å². The number of carbonyl (C=O) groups excluding carboxylic acids is 1. The van der Waals surface area contributed by atoms with E-state index < -0.39 is 23.2 Å². The van der Waals surface area contributed by atoms with Gasteiger partial charge in [-0.05, 0) is 51.3 Å². The summed E-state index contributed by atoms with van der Waals surface area (Å²) in [5.74, 6) is -0.983. The predicted octanol–water partition coefficient (Wildman–Crippen LogP) is 3.85. The summed E-state index contributed by atoms with van der Waals surface area (Å²) >= 11 is 3.37. The van der Waals surface area contributed by atoms with Gasteiger partial charge >= 0.3 is 12.1 Å². The number of halogens is 1. The van der Waals surface area contributed by atoms with Gasteiger partial charge in [0.1, 0.15) is 11.1 Å². The maximum absolute atomic E-state index is 12.5. The smallest absolute Gasteiger partial charge is 0.411 e. The van der Waals surface area contributed by atoms with Crippen molar-refractivity contribution < 1.29 is 19.4 Å². The van der Waals surface area contributed by atoms with E-state index in [-0.39, 0.29) is 6.42 Å². The zero-order valence-corrected chi connectivity index (χ0v) is 15.2. The van der Waals surface area contributed by atoms with Gasteiger partial charge in [-0.3, -0.25) is 4.90 Å². The van der Waals surface area contributed by atoms with Crippen LogP contribution in [0.5, 0.6) is 0 Å². The van der Waals surface area contributed by atoms with E-state index in [2.05, 4.69) is 15.9 Å². The van der Waals surface area contributed by atoms with Gasteiger partial charge in [-0.15, -0.1) is 0 Å². The van der Waals surface area contributed by atoms with E-state index in [0.717, 1.165) is 10.0 Å². The molecule has 1 N–H and O–H groups in total. The summed E-state index contributed by atoms with van der Waals surface area (Å²) in [5.41, 5.74) is -1.01. The number of nitrogens with zero attached hydrogens (tertiary/aromatic N) is 1. The molecule has 1 aliphatic heterocycles. The van der Waals surface area contributed by atoms with Crippen LogP contribution in [0.15, 0.2) is 28.7 Å². The third-order valence-corrected chi connectivity index (χ3v) is 4.44. The Morgan fingerprint density at radius 1 is 1.30 bits per heavy atom. The molecule has 5 nitrogen and oxygen atoms in total. The average molecular weight is 384 g/mol. The van der Waals surface area contributed by atoms with Crippen LogP contribution >= 0.6 is 15.9 Å². The highest BCUT2D eigenvalue weighted by Crippen LogP contribution is 2.34. The molecule has 2 rings (SSSR count). The van der Waals surface area contributed by atoms with Crippen LogP contribution in [-0.2, 0) is 16.0 Å². The van der Waals surface area contributed by atoms with Gasteiger partial charge in [0, 0.05) is 17.4 Å². The minimum absolute atomic E-state index is 0.273. The molecule has 1 atom stereocenters. The summed E-state index contributed by atoms with van der Waals surface area (Å²) in [5, 5.41) is 9.84. The zero-order valence-electron chi connectivity index (χ0n) is 13.6. The number of hydrogen-bond acceptors (Lipinski definition) is 3. The van der Waals surface area contributed by atoms with Crippen LogP contribution in [0.3, 0.4) is 0 Å². The lowest BCUT2D eigenvalue weighted by molar-refractivity contribution is -0.149. The third kappa shape index (κ3) is 4.05. The summed E-state index contributed by atoms with van der Waals surface area (Å²) in [6, 6.07) is 7.50. The molecule has 1 fully saturated rings. The van der Waals surface area contributed by atoms with Crippen LogP contribution < -0.4 is 0 Å². The van der Waals surface area contributed by atoms with Crippen molar-refractivity contribution in [1.29, 1.82) is 0 Å². The Hall–Kier alpha value is -1.56. The maximum Gasteiger partial charge on any atom is 0.411 e. The van der Waals surface area contributed by atoms with Crippen molar-refractivity contribution in [2.75, 3.05) is 6.54 Å². The molecule has 0 spiro atoms. The van der Waals surface area contributed by atoms with Crippen LogP contribution in [0.4, 0.5) is 4.79 Å². The minimum Gasteiger partial charge on any atom is -0.479 e. The van der Waals surface area contributed by atoms with E-state index in [4.69, 9.17) is 4.74 Å². The fourth-order valence-corrected chi connectivity index (χ4v) is 3.15. The van der Waals surface area contributed by atoms with Gasteiger partial charge in [-0.25, -0.2) is 9.59 Å². The molecule has 1 aromatic carbocycles. The summed E-state index contributed by atoms with van der Waals surface area (Å²) in [4.78, 5) is 25.9. The Balaban J connectivity index is 2.29. The van der Waals surface area contributed by atoms with Gasteiger partial charge in [0.15, 0.2) is 0 Å². The van der Waals surface area contributed by atoms with E-state index in [1.54, 1.807) is 20.8 Å². The number of carbonyl (C=O) groups is 2. The first kappa shape index (κ1) is 17.8. The summed E-state index contributed by atoms with van der Waals surface area (Å²) in [7, 11) is 0. The maximum atomic E-state index is 12.5. The van der Waals surface area contributed by atoms with Crippen LogP contribution in [0, 0.1) is 0 Å². The Morgan fingerprint density at radius 3 is 2.43 bits per heavy atom. The lowest BCUT2D eigenvalue weighted by atomic mass is 9.88. The molecule has 126 valence electrons. The molecule has 1 amide bonds. The second-order valence-electron chi connectivity index (χ2n) is 6.88. The molecule has 0 unspecified atom stereocenters. The first-order valence-electron chi connectivity index (χ1n) is 7.62. The summed E-state index contributed by atoms with van der Waals surface area (Å²) < 4.78 is 6.33. The topological polar surface area (TPSA) is 66.8 Å². The number of rotatable bonds is 3. The van der Waals surface area contributed by atoms with Crippen LogP contribution in [0.25, 0.3) is 0 Å². The van der Waals surface area contributed by atoms with E-state index in [1.165, 1.54) is 4.90 Å². The molecule has 0 saturated carbocycles. The number of amides is 1. The lowest BCUT2D eigenvalue weighted by Gasteiger charge is -2.36. The molecule has 0 radical (unpaired) electrons. The molecule has 0 aliphatic carbocycles. The highest BCUT2D eigenvalue weighted by Gasteiger charge is 2.51. The molecule has 0 bridgehead atoms. The molecule has 1 heterocycles. The highest BCUT2D eigenvalue weighted by molar-refractivity contribution is 9.10. The average Bonchev–Trinajstić information content (AvgIpc) is 2.84. The van der Waals surface area contributed by atoms with Crippen LogP contribution in [-0.4, -0.2) is 39.8 Å². The quantitative estimate of drug-likeness (QED) is 0.860. The Morgan fingerprint density at radius 2 is 1.91 bits per heavy atom. The number of likely N-dealkylation sites (tertiary alicyclic amines) is 1. The zero-order chi connectivity index (χ0) is 17.3. The first-order valence-corrected chi connectivity index (χ1v) is 8.42. The molecular formula is C17H22BrNO4. The monoisotopic (exact) mass is 383 g/mol. The Kier molecular flexibility index (Phi) is 5.04. The van der Waals surface area contributed by atoms with Crippen molar-refractivity contribution in [2.24, 2.45) is 0 Å². The van der Waals surface area contributed by atoms with E-state index in [1.807, 2.05) is 24.3 Å². The van der Waals surface area contributed by atoms with Gasteiger partial charge in [-0.1, -0.05) is 28.1 Å². The number of benzene rings is 1. The number of aliphatic carboxylic acids is 1. The van der Waals surface area contributed by atoms with Gasteiger partial charge in [0.05, 0.1) is 0 Å². The molecule has 0 aromatic heterocycles.